The summed E-state index contributed by atoms with van der Waals surface area (Å²) in [4.78, 5) is 53.0. The minimum atomic E-state index is -1.79. The SMILES string of the molecule is CCC(C)NCC(C(=O)O)n1ncn(-c2ccc(N3CCN(c4ccc(OCC5COC(Cn6cncn6)(c6ccc(F)cc6F)O5)cc4)CC3)cc2)c1=O.O=C(O)C[C@H](O)C(=O)O. The van der Waals surface area contributed by atoms with Crippen molar-refractivity contribution in [2.45, 2.75) is 63.3 Å². The zero-order valence-electron chi connectivity index (χ0n) is 34.9. The molecular formula is C42H49F2N9O11. The van der Waals surface area contributed by atoms with E-state index in [0.29, 0.717) is 11.4 Å². The van der Waals surface area contributed by atoms with Gasteiger partial charge in [-0.2, -0.15) is 14.9 Å². The number of carbonyl (C=O) groups is 3. The summed E-state index contributed by atoms with van der Waals surface area (Å²) in [7, 11) is 0. The van der Waals surface area contributed by atoms with Crippen LogP contribution >= 0.6 is 0 Å². The van der Waals surface area contributed by atoms with Gasteiger partial charge in [-0.1, -0.05) is 6.92 Å². The number of ether oxygens (including phenoxy) is 3. The quantitative estimate of drug-likeness (QED) is 0.0848. The molecule has 2 aliphatic rings. The fourth-order valence-electron chi connectivity index (χ4n) is 6.97. The molecule has 20 nitrogen and oxygen atoms in total. The molecule has 64 heavy (non-hydrogen) atoms. The number of rotatable bonds is 18. The van der Waals surface area contributed by atoms with E-state index in [-0.39, 0.29) is 37.9 Å². The smallest absolute Gasteiger partial charge is 0.351 e. The first-order chi connectivity index (χ1) is 30.7. The topological polar surface area (TPSA) is 249 Å². The molecule has 342 valence electrons. The number of aliphatic carboxylic acids is 3. The molecule has 0 aliphatic carbocycles. The third-order valence-electron chi connectivity index (χ3n) is 10.6. The number of aromatic nitrogens is 6. The molecule has 2 aliphatic heterocycles. The van der Waals surface area contributed by atoms with E-state index in [9.17, 15) is 33.1 Å². The molecule has 7 rings (SSSR count). The fourth-order valence-corrected chi connectivity index (χ4v) is 6.97. The molecule has 2 aromatic heterocycles. The van der Waals surface area contributed by atoms with E-state index in [4.69, 9.17) is 29.5 Å². The van der Waals surface area contributed by atoms with Gasteiger partial charge in [-0.05, 0) is 74.0 Å². The van der Waals surface area contributed by atoms with Crippen LogP contribution in [0.3, 0.4) is 0 Å². The number of halogens is 2. The van der Waals surface area contributed by atoms with Crippen molar-refractivity contribution in [3.8, 4) is 11.4 Å². The highest BCUT2D eigenvalue weighted by Crippen LogP contribution is 2.38. The Morgan fingerprint density at radius 2 is 1.55 bits per heavy atom. The summed E-state index contributed by atoms with van der Waals surface area (Å²) in [5, 5.41) is 45.3. The predicted molar refractivity (Wildman–Crippen MR) is 223 cm³/mol. The van der Waals surface area contributed by atoms with Gasteiger partial charge in [-0.3, -0.25) is 4.79 Å². The highest BCUT2D eigenvalue weighted by molar-refractivity contribution is 5.79. The number of benzene rings is 3. The largest absolute Gasteiger partial charge is 0.491 e. The number of aliphatic hydroxyl groups is 1. The highest BCUT2D eigenvalue weighted by Gasteiger charge is 2.46. The first-order valence-electron chi connectivity index (χ1n) is 20.3. The van der Waals surface area contributed by atoms with Gasteiger partial charge in [0, 0.05) is 61.8 Å². The lowest BCUT2D eigenvalue weighted by atomic mass is 10.0. The van der Waals surface area contributed by atoms with Crippen LogP contribution in [0.1, 0.15) is 38.3 Å². The Labute approximate surface area is 364 Å². The number of nitrogens with one attached hydrogen (secondary N) is 1. The van der Waals surface area contributed by atoms with Gasteiger partial charge in [-0.25, -0.2) is 37.4 Å². The molecule has 0 radical (unpaired) electrons. The first kappa shape index (κ1) is 46.7. The van der Waals surface area contributed by atoms with Gasteiger partial charge in [0.15, 0.2) is 12.1 Å². The van der Waals surface area contributed by atoms with Crippen LogP contribution in [0.4, 0.5) is 20.2 Å². The number of carboxylic acid groups (broad SMARTS) is 3. The minimum Gasteiger partial charge on any atom is -0.491 e. The number of carboxylic acids is 3. The maximum Gasteiger partial charge on any atom is 0.351 e. The van der Waals surface area contributed by atoms with E-state index in [1.165, 1.54) is 34.3 Å². The van der Waals surface area contributed by atoms with Crippen LogP contribution in [-0.4, -0.2) is 132 Å². The van der Waals surface area contributed by atoms with Gasteiger partial charge < -0.3 is 49.8 Å². The Hall–Kier alpha value is -6.75. The van der Waals surface area contributed by atoms with Crippen LogP contribution < -0.4 is 25.5 Å². The summed E-state index contributed by atoms with van der Waals surface area (Å²) in [5.41, 5.74) is 2.21. The number of anilines is 2. The molecule has 5 N–H and O–H groups in total. The molecule has 5 atom stereocenters. The van der Waals surface area contributed by atoms with E-state index >= 15 is 0 Å². The van der Waals surface area contributed by atoms with Crippen LogP contribution in [0.5, 0.6) is 5.75 Å². The van der Waals surface area contributed by atoms with Crippen molar-refractivity contribution in [2.75, 3.05) is 55.7 Å². The summed E-state index contributed by atoms with van der Waals surface area (Å²) in [5.74, 6) is -6.35. The Balaban J connectivity index is 0.000000682. The van der Waals surface area contributed by atoms with E-state index in [2.05, 4.69) is 30.3 Å². The normalized spacial score (nSPS) is 18.7. The maximum atomic E-state index is 14.9. The summed E-state index contributed by atoms with van der Waals surface area (Å²) in [6.07, 6.45) is 1.94. The standard InChI is InChI=1S/C38H43F2N9O6.C4H6O5/c1-3-26(2)42-19-35(36(50)51)49-37(52)48(25-44-49)30-7-5-28(6-8-30)45-14-16-46(17-15-45)29-9-11-31(12-10-29)53-20-32-21-54-38(55-32,22-47-24-41-23-43-47)33-13-4-27(39)18-34(33)40;5-2(4(8)9)1-3(6)7/h4-13,18,23-26,32,35,42H,3,14-17,19-22H2,1-2H3,(H,50,51);2,5H,1H2,(H,6,7)(H,8,9)/t;2-/m.0/s1. The Morgan fingerprint density at radius 3 is 2.09 bits per heavy atom. The lowest BCUT2D eigenvalue weighted by molar-refractivity contribution is -0.192. The fraction of sp³-hybridized carbons (Fsp3) is 0.405. The Bertz CT molecular complexity index is 2390. The third kappa shape index (κ3) is 11.6. The molecule has 3 aromatic carbocycles. The van der Waals surface area contributed by atoms with Gasteiger partial charge in [0.05, 0.1) is 18.7 Å². The number of aliphatic hydroxyl groups excluding tert-OH is 1. The minimum absolute atomic E-state index is 0.0146. The molecule has 0 amide bonds. The van der Waals surface area contributed by atoms with Crippen LogP contribution in [0, 0.1) is 11.6 Å². The molecule has 4 heterocycles. The van der Waals surface area contributed by atoms with Gasteiger partial charge in [-0.15, -0.1) is 0 Å². The van der Waals surface area contributed by atoms with E-state index in [1.807, 2.05) is 62.4 Å². The van der Waals surface area contributed by atoms with Crippen LogP contribution in [0.2, 0.25) is 0 Å². The number of hydrogen-bond donors (Lipinski definition) is 5. The molecule has 2 fully saturated rings. The van der Waals surface area contributed by atoms with Crippen molar-refractivity contribution >= 4 is 29.3 Å². The molecule has 0 spiro atoms. The van der Waals surface area contributed by atoms with E-state index in [0.717, 1.165) is 60.8 Å². The second-order valence-electron chi connectivity index (χ2n) is 15.1. The highest BCUT2D eigenvalue weighted by atomic mass is 19.1. The maximum absolute atomic E-state index is 14.9. The van der Waals surface area contributed by atoms with E-state index < -0.39 is 65.7 Å². The molecule has 2 saturated heterocycles. The van der Waals surface area contributed by atoms with Crippen molar-refractivity contribution in [3.05, 3.63) is 113 Å². The van der Waals surface area contributed by atoms with Gasteiger partial charge in [0.2, 0.25) is 5.79 Å². The van der Waals surface area contributed by atoms with Crippen molar-refractivity contribution in [1.29, 1.82) is 0 Å². The molecule has 4 unspecified atom stereocenters. The average Bonchev–Trinajstić information content (AvgIpc) is 4.04. The zero-order chi connectivity index (χ0) is 46.0. The van der Waals surface area contributed by atoms with Crippen LogP contribution in [0.25, 0.3) is 5.69 Å². The summed E-state index contributed by atoms with van der Waals surface area (Å²) >= 11 is 0. The molecule has 22 heteroatoms. The van der Waals surface area contributed by atoms with Gasteiger partial charge >= 0.3 is 23.6 Å². The summed E-state index contributed by atoms with van der Waals surface area (Å²) in [6, 6.07) is 17.6. The number of piperazine rings is 1. The predicted octanol–water partition coefficient (Wildman–Crippen LogP) is 2.50. The van der Waals surface area contributed by atoms with E-state index in [1.54, 1.807) is 0 Å². The van der Waals surface area contributed by atoms with Crippen molar-refractivity contribution in [2.24, 2.45) is 0 Å². The second-order valence-corrected chi connectivity index (χ2v) is 15.1. The lowest BCUT2D eigenvalue weighted by Crippen LogP contribution is -2.46. The van der Waals surface area contributed by atoms with Crippen LogP contribution in [0.15, 0.2) is 90.5 Å². The zero-order valence-corrected chi connectivity index (χ0v) is 34.9. The van der Waals surface area contributed by atoms with Gasteiger partial charge in [0.1, 0.15) is 55.6 Å². The second kappa shape index (κ2) is 21.1. The summed E-state index contributed by atoms with van der Waals surface area (Å²) < 4.78 is 50.7. The van der Waals surface area contributed by atoms with Crippen LogP contribution in [-0.2, 0) is 36.2 Å². The van der Waals surface area contributed by atoms with Crippen molar-refractivity contribution in [1.82, 2.24) is 34.4 Å². The molecular weight excluding hydrogens is 845 g/mol. The van der Waals surface area contributed by atoms with Gasteiger partial charge in [0.25, 0.3) is 0 Å². The first-order valence-corrected chi connectivity index (χ1v) is 20.3. The Morgan fingerprint density at radius 1 is 0.906 bits per heavy atom. The molecule has 0 bridgehead atoms. The Kier molecular flexibility index (Phi) is 15.4. The third-order valence-corrected chi connectivity index (χ3v) is 10.6. The molecule has 5 aromatic rings. The van der Waals surface area contributed by atoms with Crippen molar-refractivity contribution < 1.29 is 57.8 Å². The lowest BCUT2D eigenvalue weighted by Gasteiger charge is -2.37. The molecule has 0 saturated carbocycles. The average molecular weight is 894 g/mol. The van der Waals surface area contributed by atoms with Crippen molar-refractivity contribution in [3.63, 3.8) is 0 Å². The number of nitrogens with zero attached hydrogens (tertiary/aromatic N) is 8. The number of hydrogen-bond acceptors (Lipinski definition) is 14. The monoisotopic (exact) mass is 893 g/mol. The summed E-state index contributed by atoms with van der Waals surface area (Å²) in [6.45, 7) is 7.48.